The number of benzene rings is 1. The lowest BCUT2D eigenvalue weighted by molar-refractivity contribution is -0.147. The number of anilines is 3. The molecule has 2 heterocycles. The molecule has 1 aromatic carbocycles. The number of nitrogens with one attached hydrogen (secondary N) is 1. The van der Waals surface area contributed by atoms with Crippen LogP contribution >= 0.6 is 11.6 Å². The lowest BCUT2D eigenvalue weighted by Crippen LogP contribution is -2.47. The third-order valence-electron chi connectivity index (χ3n) is 6.71. The van der Waals surface area contributed by atoms with E-state index >= 15 is 0 Å². The molecule has 202 valence electrons. The standard InChI is InChI=1S/C25H29ClFN7O4/c1-33(16-5-7-17(8-6-16)34(12-21(35)37-2)13-22(36)38-3)25-28-11-20-23(32-25)24(30-14-29-20)31-15-4-9-19(27)18(26)10-15/h4,9-11,14,16-17H,5-8,12-13H2,1-3H3,(H,29,30,31)/t16-,17-. The molecule has 0 atom stereocenters. The minimum Gasteiger partial charge on any atom is -0.468 e. The van der Waals surface area contributed by atoms with Crippen LogP contribution < -0.4 is 10.2 Å². The number of esters is 2. The van der Waals surface area contributed by atoms with E-state index in [4.69, 9.17) is 26.1 Å². The second kappa shape index (κ2) is 12.3. The topological polar surface area (TPSA) is 123 Å². The Morgan fingerprint density at radius 3 is 2.34 bits per heavy atom. The van der Waals surface area contributed by atoms with E-state index in [1.165, 1.54) is 32.7 Å². The van der Waals surface area contributed by atoms with E-state index in [-0.39, 0.29) is 30.2 Å². The SMILES string of the molecule is COC(=O)CN(CC(=O)OC)[C@H]1CC[C@H](N(C)c2ncc3ncnc(Nc4ccc(F)c(Cl)c4)c3n2)CC1. The van der Waals surface area contributed by atoms with Crippen LogP contribution in [-0.4, -0.2) is 83.2 Å². The zero-order chi connectivity index (χ0) is 27.2. The molecular weight excluding hydrogens is 517 g/mol. The highest BCUT2D eigenvalue weighted by Crippen LogP contribution is 2.30. The maximum Gasteiger partial charge on any atom is 0.319 e. The molecule has 3 aromatic rings. The molecule has 0 unspecified atom stereocenters. The second-order valence-corrected chi connectivity index (χ2v) is 9.42. The van der Waals surface area contributed by atoms with E-state index < -0.39 is 17.8 Å². The number of hydrogen-bond acceptors (Lipinski definition) is 11. The quantitative estimate of drug-likeness (QED) is 0.398. The van der Waals surface area contributed by atoms with E-state index in [1.807, 2.05) is 16.8 Å². The molecule has 0 aliphatic heterocycles. The first kappa shape index (κ1) is 27.4. The van der Waals surface area contributed by atoms with Crippen molar-refractivity contribution in [3.05, 3.63) is 41.6 Å². The number of carbonyl (C=O) groups excluding carboxylic acids is 2. The molecule has 0 bridgehead atoms. The van der Waals surface area contributed by atoms with Gasteiger partial charge >= 0.3 is 11.9 Å². The summed E-state index contributed by atoms with van der Waals surface area (Å²) in [6.45, 7) is 0.0548. The summed E-state index contributed by atoms with van der Waals surface area (Å²) in [4.78, 5) is 45.4. The van der Waals surface area contributed by atoms with E-state index in [0.29, 0.717) is 28.5 Å². The van der Waals surface area contributed by atoms with Gasteiger partial charge in [0.05, 0.1) is 38.5 Å². The van der Waals surface area contributed by atoms with Gasteiger partial charge in [0.1, 0.15) is 23.2 Å². The second-order valence-electron chi connectivity index (χ2n) is 9.01. The van der Waals surface area contributed by atoms with Crippen LogP contribution in [0.3, 0.4) is 0 Å². The van der Waals surface area contributed by atoms with Gasteiger partial charge in [0.25, 0.3) is 0 Å². The summed E-state index contributed by atoms with van der Waals surface area (Å²) < 4.78 is 23.2. The predicted octanol–water partition coefficient (Wildman–Crippen LogP) is 3.35. The molecule has 1 fully saturated rings. The van der Waals surface area contributed by atoms with Crippen molar-refractivity contribution in [3.8, 4) is 0 Å². The van der Waals surface area contributed by atoms with Gasteiger partial charge in [-0.3, -0.25) is 14.5 Å². The van der Waals surface area contributed by atoms with Crippen LogP contribution in [0, 0.1) is 5.82 Å². The number of nitrogens with zero attached hydrogens (tertiary/aromatic N) is 6. The molecule has 13 heteroatoms. The number of aromatic nitrogens is 4. The van der Waals surface area contributed by atoms with Crippen LogP contribution in [0.2, 0.25) is 5.02 Å². The fraction of sp³-hybridized carbons (Fsp3) is 0.440. The Labute approximate surface area is 224 Å². The lowest BCUT2D eigenvalue weighted by atomic mass is 9.89. The Morgan fingerprint density at radius 1 is 1.05 bits per heavy atom. The van der Waals surface area contributed by atoms with Crippen molar-refractivity contribution >= 4 is 52.0 Å². The molecule has 1 aliphatic rings. The molecule has 0 amide bonds. The smallest absolute Gasteiger partial charge is 0.319 e. The molecule has 1 aliphatic carbocycles. The monoisotopic (exact) mass is 545 g/mol. The third-order valence-corrected chi connectivity index (χ3v) is 7.00. The highest BCUT2D eigenvalue weighted by Gasteiger charge is 2.31. The van der Waals surface area contributed by atoms with Gasteiger partial charge < -0.3 is 19.7 Å². The first-order chi connectivity index (χ1) is 18.3. The zero-order valence-electron chi connectivity index (χ0n) is 21.4. The van der Waals surface area contributed by atoms with Crippen molar-refractivity contribution in [2.24, 2.45) is 0 Å². The van der Waals surface area contributed by atoms with Crippen LogP contribution in [0.5, 0.6) is 0 Å². The van der Waals surface area contributed by atoms with E-state index in [2.05, 4.69) is 20.3 Å². The molecule has 4 rings (SSSR count). The molecule has 38 heavy (non-hydrogen) atoms. The lowest BCUT2D eigenvalue weighted by Gasteiger charge is -2.38. The van der Waals surface area contributed by atoms with E-state index in [9.17, 15) is 14.0 Å². The number of halogens is 2. The van der Waals surface area contributed by atoms with Gasteiger partial charge in [-0.2, -0.15) is 0 Å². The molecule has 1 N–H and O–H groups in total. The van der Waals surface area contributed by atoms with Crippen LogP contribution in [0.4, 0.5) is 21.8 Å². The average molecular weight is 546 g/mol. The summed E-state index contributed by atoms with van der Waals surface area (Å²) in [5, 5.41) is 3.12. The number of methoxy groups -OCH3 is 2. The zero-order valence-corrected chi connectivity index (χ0v) is 22.1. The molecule has 0 saturated heterocycles. The summed E-state index contributed by atoms with van der Waals surface area (Å²) in [5.74, 6) is -0.347. The molecule has 11 nitrogen and oxygen atoms in total. The van der Waals surface area contributed by atoms with Gasteiger partial charge in [-0.25, -0.2) is 24.3 Å². The van der Waals surface area contributed by atoms with Crippen molar-refractivity contribution in [2.45, 2.75) is 37.8 Å². The van der Waals surface area contributed by atoms with Crippen molar-refractivity contribution in [2.75, 3.05) is 44.6 Å². The van der Waals surface area contributed by atoms with Gasteiger partial charge in [-0.15, -0.1) is 0 Å². The Morgan fingerprint density at radius 2 is 1.71 bits per heavy atom. The fourth-order valence-electron chi connectivity index (χ4n) is 4.57. The molecule has 0 radical (unpaired) electrons. The average Bonchev–Trinajstić information content (AvgIpc) is 2.94. The van der Waals surface area contributed by atoms with Crippen LogP contribution in [0.1, 0.15) is 25.7 Å². The minimum absolute atomic E-state index is 0.00393. The summed E-state index contributed by atoms with van der Waals surface area (Å²) >= 11 is 5.92. The Kier molecular flexibility index (Phi) is 8.85. The highest BCUT2D eigenvalue weighted by atomic mass is 35.5. The van der Waals surface area contributed by atoms with Crippen molar-refractivity contribution < 1.29 is 23.5 Å². The number of carbonyl (C=O) groups is 2. The van der Waals surface area contributed by atoms with Gasteiger partial charge in [0.2, 0.25) is 5.95 Å². The predicted molar refractivity (Wildman–Crippen MR) is 140 cm³/mol. The number of ether oxygens (including phenoxy) is 2. The maximum atomic E-state index is 13.6. The fourth-order valence-corrected chi connectivity index (χ4v) is 4.75. The number of fused-ring (bicyclic) bond motifs is 1. The summed E-state index contributed by atoms with van der Waals surface area (Å²) in [5.41, 5.74) is 1.63. The largest absolute Gasteiger partial charge is 0.468 e. The summed E-state index contributed by atoms with van der Waals surface area (Å²) in [6, 6.07) is 4.50. The minimum atomic E-state index is -0.510. The maximum absolute atomic E-state index is 13.6. The van der Waals surface area contributed by atoms with Crippen LogP contribution in [0.15, 0.2) is 30.7 Å². The Hall–Kier alpha value is -3.64. The van der Waals surface area contributed by atoms with Gasteiger partial charge in [0, 0.05) is 24.8 Å². The van der Waals surface area contributed by atoms with Gasteiger partial charge in [-0.05, 0) is 43.9 Å². The molecule has 1 saturated carbocycles. The van der Waals surface area contributed by atoms with Crippen LogP contribution in [0.25, 0.3) is 11.0 Å². The van der Waals surface area contributed by atoms with Crippen molar-refractivity contribution in [1.29, 1.82) is 0 Å². The molecular formula is C25H29ClFN7O4. The van der Waals surface area contributed by atoms with E-state index in [0.717, 1.165) is 25.7 Å². The van der Waals surface area contributed by atoms with Crippen LogP contribution in [-0.2, 0) is 19.1 Å². The first-order valence-electron chi connectivity index (χ1n) is 12.1. The van der Waals surface area contributed by atoms with Crippen molar-refractivity contribution in [3.63, 3.8) is 0 Å². The summed E-state index contributed by atoms with van der Waals surface area (Å²) in [6.07, 6.45) is 6.21. The molecule has 0 spiro atoms. The Balaban J connectivity index is 1.48. The molecule has 2 aromatic heterocycles. The third kappa shape index (κ3) is 6.43. The summed E-state index contributed by atoms with van der Waals surface area (Å²) in [7, 11) is 4.59. The van der Waals surface area contributed by atoms with Crippen molar-refractivity contribution in [1.82, 2.24) is 24.8 Å². The van der Waals surface area contributed by atoms with Gasteiger partial charge in [0.15, 0.2) is 5.82 Å². The van der Waals surface area contributed by atoms with Gasteiger partial charge in [-0.1, -0.05) is 11.6 Å². The highest BCUT2D eigenvalue weighted by molar-refractivity contribution is 6.31. The Bertz CT molecular complexity index is 1290. The normalized spacial score (nSPS) is 17.3. The number of hydrogen-bond donors (Lipinski definition) is 1. The number of rotatable bonds is 9. The van der Waals surface area contributed by atoms with E-state index in [1.54, 1.807) is 12.3 Å². The first-order valence-corrected chi connectivity index (χ1v) is 12.5.